The van der Waals surface area contributed by atoms with Crippen molar-refractivity contribution in [3.63, 3.8) is 0 Å². The van der Waals surface area contributed by atoms with E-state index in [4.69, 9.17) is 20.4 Å². The van der Waals surface area contributed by atoms with Crippen LogP contribution in [0.1, 0.15) is 11.3 Å². The number of nitrogens with two attached hydrogens (primary N) is 1. The number of hydrogen-bond acceptors (Lipinski definition) is 5. The van der Waals surface area contributed by atoms with Crippen LogP contribution in [-0.2, 0) is 6.61 Å². The molecule has 6 heteroatoms. The molecule has 0 atom stereocenters. The van der Waals surface area contributed by atoms with E-state index < -0.39 is 0 Å². The normalized spacial score (nSPS) is 11.2. The zero-order valence-corrected chi connectivity index (χ0v) is 11.0. The van der Waals surface area contributed by atoms with Gasteiger partial charge in [-0.2, -0.15) is 0 Å². The number of amidine groups is 1. The molecule has 6 nitrogen and oxygen atoms in total. The number of para-hydroxylation sites is 1. The van der Waals surface area contributed by atoms with Crippen LogP contribution in [0.5, 0.6) is 11.6 Å². The first-order valence-corrected chi connectivity index (χ1v) is 5.94. The molecule has 20 heavy (non-hydrogen) atoms. The van der Waals surface area contributed by atoms with Gasteiger partial charge in [-0.05, 0) is 18.2 Å². The number of oxime groups is 1. The number of aromatic nitrogens is 1. The summed E-state index contributed by atoms with van der Waals surface area (Å²) in [5, 5.41) is 11.7. The van der Waals surface area contributed by atoms with Crippen molar-refractivity contribution < 1.29 is 14.7 Å². The van der Waals surface area contributed by atoms with Crippen molar-refractivity contribution in [1.29, 1.82) is 0 Å². The molecule has 1 aromatic heterocycles. The van der Waals surface area contributed by atoms with E-state index in [2.05, 4.69) is 10.1 Å². The molecule has 3 N–H and O–H groups in total. The molecule has 0 aliphatic rings. The molecule has 104 valence electrons. The Morgan fingerprint density at radius 1 is 1.25 bits per heavy atom. The first-order chi connectivity index (χ1) is 9.74. The van der Waals surface area contributed by atoms with Crippen LogP contribution >= 0.6 is 0 Å². The Balaban J connectivity index is 2.14. The lowest BCUT2D eigenvalue weighted by Gasteiger charge is -2.10. The molecule has 1 aromatic carbocycles. The molecule has 0 spiro atoms. The largest absolute Gasteiger partial charge is 0.487 e. The second kappa shape index (κ2) is 6.42. The van der Waals surface area contributed by atoms with Crippen molar-refractivity contribution in [2.24, 2.45) is 10.9 Å². The molecule has 2 aromatic rings. The second-order valence-electron chi connectivity index (χ2n) is 3.94. The van der Waals surface area contributed by atoms with Crippen LogP contribution in [0.25, 0.3) is 0 Å². The van der Waals surface area contributed by atoms with Gasteiger partial charge in [-0.3, -0.25) is 0 Å². The minimum absolute atomic E-state index is 0.000739. The van der Waals surface area contributed by atoms with E-state index in [0.717, 1.165) is 5.69 Å². The maximum Gasteiger partial charge on any atom is 0.213 e. The van der Waals surface area contributed by atoms with Gasteiger partial charge in [-0.1, -0.05) is 23.4 Å². The number of benzene rings is 1. The minimum atomic E-state index is -0.000739. The average Bonchev–Trinajstić information content (AvgIpc) is 2.52. The summed E-state index contributed by atoms with van der Waals surface area (Å²) in [7, 11) is 1.56. The van der Waals surface area contributed by atoms with E-state index in [1.54, 1.807) is 31.4 Å². The van der Waals surface area contributed by atoms with Crippen LogP contribution in [0.3, 0.4) is 0 Å². The second-order valence-corrected chi connectivity index (χ2v) is 3.94. The van der Waals surface area contributed by atoms with Crippen LogP contribution in [0.2, 0.25) is 0 Å². The van der Waals surface area contributed by atoms with Crippen molar-refractivity contribution in [2.45, 2.75) is 6.61 Å². The van der Waals surface area contributed by atoms with Crippen molar-refractivity contribution in [2.75, 3.05) is 7.11 Å². The van der Waals surface area contributed by atoms with Crippen molar-refractivity contribution in [3.8, 4) is 11.6 Å². The highest BCUT2D eigenvalue weighted by atomic mass is 16.5. The molecule has 0 aliphatic carbocycles. The van der Waals surface area contributed by atoms with Gasteiger partial charge in [0.05, 0.1) is 18.4 Å². The molecule has 0 aliphatic heterocycles. The Bertz CT molecular complexity index is 614. The zero-order chi connectivity index (χ0) is 14.4. The van der Waals surface area contributed by atoms with Gasteiger partial charge in [-0.15, -0.1) is 0 Å². The Morgan fingerprint density at radius 2 is 2.05 bits per heavy atom. The first-order valence-electron chi connectivity index (χ1n) is 5.94. The van der Waals surface area contributed by atoms with E-state index in [9.17, 15) is 0 Å². The number of rotatable bonds is 5. The number of pyridine rings is 1. The fraction of sp³-hybridized carbons (Fsp3) is 0.143. The summed E-state index contributed by atoms with van der Waals surface area (Å²) in [6.07, 6.45) is 0. The lowest BCUT2D eigenvalue weighted by Crippen LogP contribution is -2.14. The van der Waals surface area contributed by atoms with Gasteiger partial charge in [0.1, 0.15) is 12.4 Å². The third-order valence-electron chi connectivity index (χ3n) is 2.64. The molecule has 0 amide bonds. The van der Waals surface area contributed by atoms with E-state index >= 15 is 0 Å². The molecule has 0 bridgehead atoms. The Labute approximate surface area is 116 Å². The lowest BCUT2D eigenvalue weighted by atomic mass is 10.2. The maximum absolute atomic E-state index is 8.74. The molecule has 1 heterocycles. The van der Waals surface area contributed by atoms with Crippen molar-refractivity contribution >= 4 is 5.84 Å². The minimum Gasteiger partial charge on any atom is -0.487 e. The molecule has 0 saturated heterocycles. The van der Waals surface area contributed by atoms with E-state index in [0.29, 0.717) is 17.2 Å². The average molecular weight is 273 g/mol. The molecule has 0 fully saturated rings. The van der Waals surface area contributed by atoms with Gasteiger partial charge in [0, 0.05) is 6.07 Å². The summed E-state index contributed by atoms with van der Waals surface area (Å²) in [4.78, 5) is 4.24. The summed E-state index contributed by atoms with van der Waals surface area (Å²) in [6, 6.07) is 12.5. The van der Waals surface area contributed by atoms with E-state index in [1.165, 1.54) is 0 Å². The lowest BCUT2D eigenvalue weighted by molar-refractivity contribution is 0.296. The Morgan fingerprint density at radius 3 is 2.80 bits per heavy atom. The SMILES string of the molecule is COc1cccc(COc2ccccc2C(N)=NO)n1. The van der Waals surface area contributed by atoms with Gasteiger partial charge < -0.3 is 20.4 Å². The van der Waals surface area contributed by atoms with E-state index in [1.807, 2.05) is 18.2 Å². The van der Waals surface area contributed by atoms with Crippen molar-refractivity contribution in [3.05, 3.63) is 53.7 Å². The first kappa shape index (κ1) is 13.7. The summed E-state index contributed by atoms with van der Waals surface area (Å²) >= 11 is 0. The number of hydrogen-bond donors (Lipinski definition) is 2. The summed E-state index contributed by atoms with van der Waals surface area (Å²) < 4.78 is 10.7. The predicted molar refractivity (Wildman–Crippen MR) is 74.1 cm³/mol. The molecule has 2 rings (SSSR count). The van der Waals surface area contributed by atoms with Gasteiger partial charge in [-0.25, -0.2) is 4.98 Å². The molecule has 0 unspecified atom stereocenters. The van der Waals surface area contributed by atoms with Crippen LogP contribution in [0, 0.1) is 0 Å². The molecule has 0 radical (unpaired) electrons. The highest BCUT2D eigenvalue weighted by Gasteiger charge is 2.08. The Hall–Kier alpha value is -2.76. The fourth-order valence-corrected chi connectivity index (χ4v) is 1.66. The number of nitrogens with zero attached hydrogens (tertiary/aromatic N) is 2. The third-order valence-corrected chi connectivity index (χ3v) is 2.64. The van der Waals surface area contributed by atoms with Crippen LogP contribution in [0.4, 0.5) is 0 Å². The van der Waals surface area contributed by atoms with Crippen molar-refractivity contribution in [1.82, 2.24) is 4.98 Å². The van der Waals surface area contributed by atoms with Gasteiger partial charge >= 0.3 is 0 Å². The zero-order valence-electron chi connectivity index (χ0n) is 11.0. The quantitative estimate of drug-likeness (QED) is 0.375. The molecular formula is C14H15N3O3. The maximum atomic E-state index is 8.74. The monoisotopic (exact) mass is 273 g/mol. The van der Waals surface area contributed by atoms with Gasteiger partial charge in [0.15, 0.2) is 5.84 Å². The number of ether oxygens (including phenoxy) is 2. The molecular weight excluding hydrogens is 258 g/mol. The Kier molecular flexibility index (Phi) is 4.39. The summed E-state index contributed by atoms with van der Waals surface area (Å²) in [5.41, 5.74) is 6.84. The van der Waals surface area contributed by atoms with Crippen LogP contribution in [0.15, 0.2) is 47.6 Å². The van der Waals surface area contributed by atoms with Gasteiger partial charge in [0.2, 0.25) is 5.88 Å². The highest BCUT2D eigenvalue weighted by molar-refractivity contribution is 5.99. The van der Waals surface area contributed by atoms with Gasteiger partial charge in [0.25, 0.3) is 0 Å². The molecule has 0 saturated carbocycles. The number of methoxy groups -OCH3 is 1. The topological polar surface area (TPSA) is 90.0 Å². The van der Waals surface area contributed by atoms with Crippen LogP contribution < -0.4 is 15.2 Å². The third kappa shape index (κ3) is 3.17. The summed E-state index contributed by atoms with van der Waals surface area (Å²) in [6.45, 7) is 0.257. The fourth-order valence-electron chi connectivity index (χ4n) is 1.66. The summed E-state index contributed by atoms with van der Waals surface area (Å²) in [5.74, 6) is 1.04. The standard InChI is InChI=1S/C14H15N3O3/c1-19-13-8-4-5-10(16-13)9-20-12-7-3-2-6-11(12)14(15)17-18/h2-8,18H,9H2,1H3,(H2,15,17). The smallest absolute Gasteiger partial charge is 0.213 e. The van der Waals surface area contributed by atoms with E-state index in [-0.39, 0.29) is 12.4 Å². The predicted octanol–water partition coefficient (Wildman–Crippen LogP) is 1.76. The van der Waals surface area contributed by atoms with Crippen LogP contribution in [-0.4, -0.2) is 23.1 Å². The highest BCUT2D eigenvalue weighted by Crippen LogP contribution is 2.19.